The normalized spacial score (nSPS) is 17.9. The quantitative estimate of drug-likeness (QED) is 0.397. The van der Waals surface area contributed by atoms with Crippen LogP contribution in [0.5, 0.6) is 5.75 Å². The lowest BCUT2D eigenvalue weighted by Crippen LogP contribution is -2.29. The zero-order valence-corrected chi connectivity index (χ0v) is 16.1. The number of hydrogen-bond donors (Lipinski definition) is 1. The standard InChI is InChI=1S/C24H18FNO4/c1-30-19-10-6-5-9-18(19)22(27)20-21(15-11-13-16(25)14-12-15)26(24(29)23(20)28)17-7-3-2-4-8-17/h2-14,21,27H,1H3/b22-20-. The van der Waals surface area contributed by atoms with Crippen LogP contribution in [0.15, 0.2) is 84.4 Å². The van der Waals surface area contributed by atoms with Gasteiger partial charge in [0, 0.05) is 5.69 Å². The second kappa shape index (κ2) is 7.83. The van der Waals surface area contributed by atoms with Crippen molar-refractivity contribution in [2.75, 3.05) is 12.0 Å². The molecule has 0 saturated carbocycles. The van der Waals surface area contributed by atoms with E-state index in [1.807, 2.05) is 0 Å². The number of ether oxygens (including phenoxy) is 1. The summed E-state index contributed by atoms with van der Waals surface area (Å²) in [5.41, 5.74) is 1.20. The third-order valence-electron chi connectivity index (χ3n) is 5.03. The molecule has 1 aliphatic rings. The van der Waals surface area contributed by atoms with Gasteiger partial charge in [-0.05, 0) is 42.0 Å². The maximum absolute atomic E-state index is 13.5. The van der Waals surface area contributed by atoms with E-state index in [9.17, 15) is 19.1 Å². The van der Waals surface area contributed by atoms with Gasteiger partial charge in [-0.15, -0.1) is 0 Å². The van der Waals surface area contributed by atoms with Crippen LogP contribution in [-0.2, 0) is 9.59 Å². The molecule has 1 saturated heterocycles. The smallest absolute Gasteiger partial charge is 0.300 e. The number of nitrogens with zero attached hydrogens (tertiary/aromatic N) is 1. The number of aliphatic hydroxyl groups is 1. The molecule has 0 aliphatic carbocycles. The number of Topliss-reactive ketones (excluding diaryl/α,β-unsaturated/α-hetero) is 1. The maximum Gasteiger partial charge on any atom is 0.300 e. The number of aliphatic hydroxyl groups excluding tert-OH is 1. The average Bonchev–Trinajstić information content (AvgIpc) is 3.05. The molecule has 1 fully saturated rings. The van der Waals surface area contributed by atoms with Gasteiger partial charge in [0.25, 0.3) is 11.7 Å². The average molecular weight is 403 g/mol. The van der Waals surface area contributed by atoms with E-state index in [1.54, 1.807) is 54.6 Å². The molecule has 1 heterocycles. The predicted octanol–water partition coefficient (Wildman–Crippen LogP) is 4.46. The fraction of sp³-hybridized carbons (Fsp3) is 0.0833. The van der Waals surface area contributed by atoms with Crippen LogP contribution < -0.4 is 9.64 Å². The number of ketones is 1. The Kier molecular flexibility index (Phi) is 5.06. The first-order valence-corrected chi connectivity index (χ1v) is 9.28. The molecule has 150 valence electrons. The summed E-state index contributed by atoms with van der Waals surface area (Å²) in [6.45, 7) is 0. The van der Waals surface area contributed by atoms with Crippen LogP contribution in [-0.4, -0.2) is 23.9 Å². The zero-order chi connectivity index (χ0) is 21.3. The summed E-state index contributed by atoms with van der Waals surface area (Å²) in [6, 6.07) is 19.9. The van der Waals surface area contributed by atoms with Crippen LogP contribution in [0.1, 0.15) is 17.2 Å². The Morgan fingerprint density at radius 2 is 1.57 bits per heavy atom. The van der Waals surface area contributed by atoms with E-state index in [1.165, 1.54) is 36.3 Å². The third kappa shape index (κ3) is 3.22. The molecule has 0 radical (unpaired) electrons. The van der Waals surface area contributed by atoms with Gasteiger partial charge in [-0.25, -0.2) is 4.39 Å². The molecule has 30 heavy (non-hydrogen) atoms. The molecule has 0 aromatic heterocycles. The van der Waals surface area contributed by atoms with Crippen LogP contribution >= 0.6 is 0 Å². The molecule has 1 unspecified atom stereocenters. The lowest BCUT2D eigenvalue weighted by Gasteiger charge is -2.25. The van der Waals surface area contributed by atoms with Gasteiger partial charge in [0.05, 0.1) is 24.3 Å². The van der Waals surface area contributed by atoms with Crippen molar-refractivity contribution < 1.29 is 23.8 Å². The van der Waals surface area contributed by atoms with Crippen molar-refractivity contribution >= 4 is 23.1 Å². The van der Waals surface area contributed by atoms with Crippen LogP contribution in [0.25, 0.3) is 5.76 Å². The molecule has 5 nitrogen and oxygen atoms in total. The molecule has 6 heteroatoms. The third-order valence-corrected chi connectivity index (χ3v) is 5.03. The Hall–Kier alpha value is -3.93. The minimum absolute atomic E-state index is 0.0834. The first kappa shape index (κ1) is 19.4. The number of methoxy groups -OCH3 is 1. The van der Waals surface area contributed by atoms with E-state index in [0.717, 1.165) is 0 Å². The Bertz CT molecular complexity index is 1140. The van der Waals surface area contributed by atoms with E-state index < -0.39 is 23.5 Å². The zero-order valence-electron chi connectivity index (χ0n) is 16.1. The summed E-state index contributed by atoms with van der Waals surface area (Å²) < 4.78 is 18.8. The number of para-hydroxylation sites is 2. The molecule has 3 aromatic carbocycles. The monoisotopic (exact) mass is 403 g/mol. The van der Waals surface area contributed by atoms with Crippen LogP contribution in [0, 0.1) is 5.82 Å². The molecule has 1 amide bonds. The van der Waals surface area contributed by atoms with E-state index in [2.05, 4.69) is 0 Å². The van der Waals surface area contributed by atoms with Gasteiger partial charge < -0.3 is 9.84 Å². The van der Waals surface area contributed by atoms with Crippen LogP contribution in [0.3, 0.4) is 0 Å². The van der Waals surface area contributed by atoms with Crippen molar-refractivity contribution in [3.8, 4) is 5.75 Å². The second-order valence-corrected chi connectivity index (χ2v) is 6.76. The molecule has 0 spiro atoms. The van der Waals surface area contributed by atoms with Crippen molar-refractivity contribution in [3.63, 3.8) is 0 Å². The van der Waals surface area contributed by atoms with Gasteiger partial charge in [-0.3, -0.25) is 14.5 Å². The number of halogens is 1. The molecule has 4 rings (SSSR count). The van der Waals surface area contributed by atoms with Gasteiger partial charge in [0.1, 0.15) is 17.3 Å². The summed E-state index contributed by atoms with van der Waals surface area (Å²) >= 11 is 0. The Morgan fingerprint density at radius 3 is 2.23 bits per heavy atom. The van der Waals surface area contributed by atoms with Crippen molar-refractivity contribution in [3.05, 3.63) is 101 Å². The fourth-order valence-corrected chi connectivity index (χ4v) is 3.63. The van der Waals surface area contributed by atoms with Crippen LogP contribution in [0.2, 0.25) is 0 Å². The first-order valence-electron chi connectivity index (χ1n) is 9.28. The fourth-order valence-electron chi connectivity index (χ4n) is 3.63. The number of anilines is 1. The number of benzene rings is 3. The molecule has 1 aliphatic heterocycles. The van der Waals surface area contributed by atoms with E-state index in [0.29, 0.717) is 17.0 Å². The minimum atomic E-state index is -0.919. The SMILES string of the molecule is COc1ccccc1/C(O)=C1/C(=O)C(=O)N(c2ccccc2)C1c1ccc(F)cc1. The Balaban J connectivity index is 1.97. The first-order chi connectivity index (χ1) is 14.5. The van der Waals surface area contributed by atoms with Gasteiger partial charge in [0.15, 0.2) is 0 Å². The molecule has 1 atom stereocenters. The summed E-state index contributed by atoms with van der Waals surface area (Å²) in [6.07, 6.45) is 0. The Morgan fingerprint density at radius 1 is 0.933 bits per heavy atom. The maximum atomic E-state index is 13.5. The highest BCUT2D eigenvalue weighted by atomic mass is 19.1. The Labute approximate surface area is 172 Å². The lowest BCUT2D eigenvalue weighted by molar-refractivity contribution is -0.132. The molecule has 1 N–H and O–H groups in total. The number of hydrogen-bond acceptors (Lipinski definition) is 4. The summed E-state index contributed by atoms with van der Waals surface area (Å²) in [7, 11) is 1.45. The van der Waals surface area contributed by atoms with Crippen molar-refractivity contribution in [2.24, 2.45) is 0 Å². The van der Waals surface area contributed by atoms with E-state index in [4.69, 9.17) is 4.74 Å². The summed E-state index contributed by atoms with van der Waals surface area (Å²) in [5.74, 6) is -2.03. The van der Waals surface area contributed by atoms with Crippen LogP contribution in [0.4, 0.5) is 10.1 Å². The molecular weight excluding hydrogens is 385 g/mol. The van der Waals surface area contributed by atoms with Crippen molar-refractivity contribution in [2.45, 2.75) is 6.04 Å². The molecular formula is C24H18FNO4. The van der Waals surface area contributed by atoms with Gasteiger partial charge in [-0.2, -0.15) is 0 Å². The van der Waals surface area contributed by atoms with E-state index >= 15 is 0 Å². The minimum Gasteiger partial charge on any atom is -0.507 e. The number of carbonyl (C=O) groups is 2. The molecule has 3 aromatic rings. The number of rotatable bonds is 4. The highest BCUT2D eigenvalue weighted by molar-refractivity contribution is 6.51. The van der Waals surface area contributed by atoms with Gasteiger partial charge >= 0.3 is 0 Å². The summed E-state index contributed by atoms with van der Waals surface area (Å²) in [4.78, 5) is 27.3. The number of amides is 1. The highest BCUT2D eigenvalue weighted by Gasteiger charge is 2.47. The van der Waals surface area contributed by atoms with E-state index in [-0.39, 0.29) is 16.9 Å². The van der Waals surface area contributed by atoms with Gasteiger partial charge in [-0.1, -0.05) is 42.5 Å². The van der Waals surface area contributed by atoms with Crippen molar-refractivity contribution in [1.82, 2.24) is 0 Å². The largest absolute Gasteiger partial charge is 0.507 e. The highest BCUT2D eigenvalue weighted by Crippen LogP contribution is 2.43. The topological polar surface area (TPSA) is 66.8 Å². The number of carbonyl (C=O) groups excluding carboxylic acids is 2. The molecule has 0 bridgehead atoms. The summed E-state index contributed by atoms with van der Waals surface area (Å²) in [5, 5.41) is 11.1. The predicted molar refractivity (Wildman–Crippen MR) is 111 cm³/mol. The van der Waals surface area contributed by atoms with Crippen molar-refractivity contribution in [1.29, 1.82) is 0 Å². The lowest BCUT2D eigenvalue weighted by atomic mass is 9.95. The van der Waals surface area contributed by atoms with Gasteiger partial charge in [0.2, 0.25) is 0 Å². The second-order valence-electron chi connectivity index (χ2n) is 6.76.